The van der Waals surface area contributed by atoms with Crippen LogP contribution in [-0.4, -0.2) is 13.2 Å². The Bertz CT molecular complexity index is 23.6. The molecule has 0 saturated carbocycles. The lowest BCUT2D eigenvalue weighted by Gasteiger charge is -2.08. The van der Waals surface area contributed by atoms with E-state index in [1.54, 1.807) is 0 Å². The molecule has 1 heterocycles. The number of hydrogen-bond donors (Lipinski definition) is 0. The van der Waals surface area contributed by atoms with Gasteiger partial charge in [-0.2, -0.15) is 0 Å². The van der Waals surface area contributed by atoms with Crippen LogP contribution in [0, 0.1) is 0 Å². The predicted molar refractivity (Wildman–Crippen MR) is 24.7 cm³/mol. The average molecular weight is 166 g/mol. The summed E-state index contributed by atoms with van der Waals surface area (Å²) in [5, 5.41) is 0. The van der Waals surface area contributed by atoms with Crippen LogP contribution in [0.1, 0.15) is 19.3 Å². The summed E-state index contributed by atoms with van der Waals surface area (Å²) in [4.78, 5) is 0. The summed E-state index contributed by atoms with van der Waals surface area (Å²) >= 11 is 0. The second kappa shape index (κ2) is 4.60. The lowest BCUT2D eigenvalue weighted by atomic mass is 10.2. The molecule has 0 aliphatic carbocycles. The minimum Gasteiger partial charge on any atom is -1.00 e. The standard InChI is InChI=1S/C5H10O.BrH/c1-2-4-6-5-3-1;/h1-5H2;1H/p-1. The van der Waals surface area contributed by atoms with Crippen LogP contribution < -0.4 is 17.0 Å². The molecule has 0 aromatic rings. The summed E-state index contributed by atoms with van der Waals surface area (Å²) in [6.07, 6.45) is 3.93. The molecule has 0 atom stereocenters. The Hall–Kier alpha value is 0.440. The molecule has 1 nitrogen and oxygen atoms in total. The molecule has 0 N–H and O–H groups in total. The van der Waals surface area contributed by atoms with Gasteiger partial charge in [-0.15, -0.1) is 0 Å². The van der Waals surface area contributed by atoms with E-state index in [9.17, 15) is 0 Å². The molecule has 0 amide bonds. The Balaban J connectivity index is 0.000000360. The molecule has 1 saturated heterocycles. The summed E-state index contributed by atoms with van der Waals surface area (Å²) in [6, 6.07) is 0. The van der Waals surface area contributed by atoms with E-state index in [4.69, 9.17) is 4.74 Å². The van der Waals surface area contributed by atoms with Crippen LogP contribution in [0.3, 0.4) is 0 Å². The van der Waals surface area contributed by atoms with Crippen molar-refractivity contribution in [1.82, 2.24) is 0 Å². The van der Waals surface area contributed by atoms with E-state index in [0.717, 1.165) is 13.2 Å². The fraction of sp³-hybridized carbons (Fsp3) is 1.00. The van der Waals surface area contributed by atoms with E-state index >= 15 is 0 Å². The first-order chi connectivity index (χ1) is 3.00. The summed E-state index contributed by atoms with van der Waals surface area (Å²) < 4.78 is 5.07. The molecule has 1 aliphatic heterocycles. The number of rotatable bonds is 0. The minimum atomic E-state index is 0. The second-order valence-electron chi connectivity index (χ2n) is 1.67. The quantitative estimate of drug-likeness (QED) is 0.412. The van der Waals surface area contributed by atoms with Crippen LogP contribution in [0.2, 0.25) is 0 Å². The van der Waals surface area contributed by atoms with Crippen LogP contribution in [-0.2, 0) is 4.74 Å². The molecule has 0 bridgehead atoms. The van der Waals surface area contributed by atoms with Crippen molar-refractivity contribution >= 4 is 0 Å². The van der Waals surface area contributed by atoms with Crippen LogP contribution in [0.15, 0.2) is 0 Å². The zero-order valence-electron chi connectivity index (χ0n) is 4.32. The molecule has 1 fully saturated rings. The Labute approximate surface area is 54.8 Å². The SMILES string of the molecule is C1CCOCC1.[Br-]. The first kappa shape index (κ1) is 7.44. The van der Waals surface area contributed by atoms with Crippen LogP contribution in [0.4, 0.5) is 0 Å². The highest BCUT2D eigenvalue weighted by atomic mass is 79.9. The largest absolute Gasteiger partial charge is 1.00 e. The summed E-state index contributed by atoms with van der Waals surface area (Å²) in [5.74, 6) is 0. The van der Waals surface area contributed by atoms with E-state index in [1.165, 1.54) is 19.3 Å². The zero-order chi connectivity index (χ0) is 4.24. The van der Waals surface area contributed by atoms with Gasteiger partial charge in [0.15, 0.2) is 0 Å². The van der Waals surface area contributed by atoms with Gasteiger partial charge in [-0.1, -0.05) is 0 Å². The van der Waals surface area contributed by atoms with Gasteiger partial charge >= 0.3 is 0 Å². The fourth-order valence-electron chi connectivity index (χ4n) is 0.687. The van der Waals surface area contributed by atoms with Gasteiger partial charge in [-0.25, -0.2) is 0 Å². The maximum absolute atomic E-state index is 5.07. The maximum Gasteiger partial charge on any atom is 0.0466 e. The van der Waals surface area contributed by atoms with Crippen molar-refractivity contribution in [2.24, 2.45) is 0 Å². The first-order valence-electron chi connectivity index (χ1n) is 2.58. The highest BCUT2D eigenvalue weighted by Crippen LogP contribution is 2.01. The minimum absolute atomic E-state index is 0. The first-order valence-corrected chi connectivity index (χ1v) is 2.58. The van der Waals surface area contributed by atoms with Crippen molar-refractivity contribution in [2.45, 2.75) is 19.3 Å². The van der Waals surface area contributed by atoms with E-state index in [-0.39, 0.29) is 17.0 Å². The van der Waals surface area contributed by atoms with Crippen molar-refractivity contribution in [1.29, 1.82) is 0 Å². The molecule has 1 rings (SSSR count). The van der Waals surface area contributed by atoms with Gasteiger partial charge in [0.2, 0.25) is 0 Å². The van der Waals surface area contributed by atoms with Gasteiger partial charge in [0.05, 0.1) is 0 Å². The van der Waals surface area contributed by atoms with Crippen molar-refractivity contribution in [3.63, 3.8) is 0 Å². The molecule has 0 spiro atoms. The molecule has 7 heavy (non-hydrogen) atoms. The van der Waals surface area contributed by atoms with Gasteiger partial charge in [-0.05, 0) is 19.3 Å². The third kappa shape index (κ3) is 3.06. The van der Waals surface area contributed by atoms with Crippen molar-refractivity contribution < 1.29 is 21.7 Å². The maximum atomic E-state index is 5.07. The molecule has 0 unspecified atom stereocenters. The second-order valence-corrected chi connectivity index (χ2v) is 1.67. The Morgan fingerprint density at radius 1 is 0.857 bits per heavy atom. The third-order valence-electron chi connectivity index (χ3n) is 1.08. The molecular weight excluding hydrogens is 156 g/mol. The van der Waals surface area contributed by atoms with Gasteiger partial charge in [0.1, 0.15) is 0 Å². The van der Waals surface area contributed by atoms with Gasteiger partial charge in [-0.3, -0.25) is 0 Å². The normalized spacial score (nSPS) is 20.6. The van der Waals surface area contributed by atoms with E-state index in [0.29, 0.717) is 0 Å². The topological polar surface area (TPSA) is 9.23 Å². The molecule has 2 heteroatoms. The van der Waals surface area contributed by atoms with Crippen LogP contribution in [0.5, 0.6) is 0 Å². The van der Waals surface area contributed by atoms with Gasteiger partial charge in [0.25, 0.3) is 0 Å². The van der Waals surface area contributed by atoms with E-state index < -0.39 is 0 Å². The summed E-state index contributed by atoms with van der Waals surface area (Å²) in [5.41, 5.74) is 0. The third-order valence-corrected chi connectivity index (χ3v) is 1.08. The lowest BCUT2D eigenvalue weighted by molar-refractivity contribution is -0.00000220. The highest BCUT2D eigenvalue weighted by molar-refractivity contribution is 4.45. The number of hydrogen-bond acceptors (Lipinski definition) is 1. The predicted octanol–water partition coefficient (Wildman–Crippen LogP) is -1.81. The fourth-order valence-corrected chi connectivity index (χ4v) is 0.687. The summed E-state index contributed by atoms with van der Waals surface area (Å²) in [7, 11) is 0. The number of ether oxygens (including phenoxy) is 1. The van der Waals surface area contributed by atoms with Crippen molar-refractivity contribution in [3.8, 4) is 0 Å². The molecular formula is C5H10BrO-. The smallest absolute Gasteiger partial charge is 0.0466 e. The monoisotopic (exact) mass is 165 g/mol. The lowest BCUT2D eigenvalue weighted by Crippen LogP contribution is -3.00. The molecule has 0 aromatic heterocycles. The van der Waals surface area contributed by atoms with Crippen LogP contribution in [0.25, 0.3) is 0 Å². The Morgan fingerprint density at radius 2 is 1.43 bits per heavy atom. The highest BCUT2D eigenvalue weighted by Gasteiger charge is 1.94. The van der Waals surface area contributed by atoms with Gasteiger partial charge in [0, 0.05) is 13.2 Å². The summed E-state index contributed by atoms with van der Waals surface area (Å²) in [6.45, 7) is 2.00. The van der Waals surface area contributed by atoms with Crippen molar-refractivity contribution in [3.05, 3.63) is 0 Å². The van der Waals surface area contributed by atoms with E-state index in [2.05, 4.69) is 0 Å². The molecule has 44 valence electrons. The molecule has 0 radical (unpaired) electrons. The number of halogens is 1. The van der Waals surface area contributed by atoms with Crippen LogP contribution >= 0.6 is 0 Å². The Kier molecular flexibility index (Phi) is 4.88. The Morgan fingerprint density at radius 3 is 1.57 bits per heavy atom. The van der Waals surface area contributed by atoms with Crippen molar-refractivity contribution in [2.75, 3.05) is 13.2 Å². The zero-order valence-corrected chi connectivity index (χ0v) is 5.91. The van der Waals surface area contributed by atoms with Gasteiger partial charge < -0.3 is 21.7 Å². The van der Waals surface area contributed by atoms with E-state index in [1.807, 2.05) is 0 Å². The average Bonchev–Trinajstić information content (AvgIpc) is 1.72. The molecule has 1 aliphatic rings. The molecule has 0 aromatic carbocycles.